The molecular weight excluding hydrogens is 418 g/mol. The first-order chi connectivity index (χ1) is 15.5. The second-order valence-electron chi connectivity index (χ2n) is 11.2. The van der Waals surface area contributed by atoms with Crippen LogP contribution in [0.3, 0.4) is 0 Å². The Kier molecular flexibility index (Phi) is 6.18. The van der Waals surface area contributed by atoms with E-state index < -0.39 is 5.60 Å². The first kappa shape index (κ1) is 23.6. The molecule has 1 spiro atoms. The molecule has 180 valence electrons. The van der Waals surface area contributed by atoms with Crippen LogP contribution in [0.2, 0.25) is 0 Å². The minimum atomic E-state index is -0.508. The van der Waals surface area contributed by atoms with E-state index in [1.165, 1.54) is 0 Å². The summed E-state index contributed by atoms with van der Waals surface area (Å²) in [4.78, 5) is 44.0. The number of likely N-dealkylation sites (tertiary alicyclic amines) is 1. The van der Waals surface area contributed by atoms with E-state index in [1.807, 2.05) is 42.7 Å². The predicted molar refractivity (Wildman–Crippen MR) is 126 cm³/mol. The lowest BCUT2D eigenvalue weighted by molar-refractivity contribution is -0.00720. The first-order valence-corrected chi connectivity index (χ1v) is 12.1. The summed E-state index contributed by atoms with van der Waals surface area (Å²) in [6, 6.07) is 5.45. The van der Waals surface area contributed by atoms with Crippen molar-refractivity contribution in [3.8, 4) is 0 Å². The van der Waals surface area contributed by atoms with Gasteiger partial charge < -0.3 is 19.4 Å². The minimum absolute atomic E-state index is 0.0141. The largest absolute Gasteiger partial charge is 0.444 e. The Morgan fingerprint density at radius 2 is 1.91 bits per heavy atom. The molecule has 2 aliphatic heterocycles. The molecule has 3 aliphatic rings. The Bertz CT molecular complexity index is 951. The van der Waals surface area contributed by atoms with Crippen molar-refractivity contribution in [2.75, 3.05) is 33.7 Å². The number of piperidine rings is 1. The monoisotopic (exact) mass is 455 g/mol. The summed E-state index contributed by atoms with van der Waals surface area (Å²) in [5.74, 6) is 0.286. The number of amides is 3. The molecule has 7 heteroatoms. The molecule has 1 saturated heterocycles. The van der Waals surface area contributed by atoms with Crippen LogP contribution in [0, 0.1) is 11.3 Å². The molecule has 2 fully saturated rings. The second-order valence-corrected chi connectivity index (χ2v) is 11.2. The van der Waals surface area contributed by atoms with Gasteiger partial charge in [-0.3, -0.25) is 9.59 Å². The molecular formula is C26H37N3O4. The van der Waals surface area contributed by atoms with E-state index >= 15 is 0 Å². The van der Waals surface area contributed by atoms with Crippen molar-refractivity contribution in [3.05, 3.63) is 34.9 Å². The summed E-state index contributed by atoms with van der Waals surface area (Å²) < 4.78 is 5.65. The Labute approximate surface area is 197 Å². The number of ether oxygens (including phenoxy) is 1. The van der Waals surface area contributed by atoms with Gasteiger partial charge in [0.05, 0.1) is 0 Å². The summed E-state index contributed by atoms with van der Waals surface area (Å²) >= 11 is 0. The van der Waals surface area contributed by atoms with Crippen molar-refractivity contribution < 1.29 is 19.1 Å². The summed E-state index contributed by atoms with van der Waals surface area (Å²) in [6.45, 7) is 8.27. The van der Waals surface area contributed by atoms with E-state index in [-0.39, 0.29) is 23.3 Å². The third kappa shape index (κ3) is 4.59. The number of carbonyl (C=O) groups excluding carboxylic acids is 3. The van der Waals surface area contributed by atoms with Crippen LogP contribution in [-0.2, 0) is 11.3 Å². The quantitative estimate of drug-likeness (QED) is 0.686. The summed E-state index contributed by atoms with van der Waals surface area (Å²) in [7, 11) is 3.47. The van der Waals surface area contributed by atoms with E-state index in [1.54, 1.807) is 25.1 Å². The number of benzene rings is 1. The summed E-state index contributed by atoms with van der Waals surface area (Å²) in [5, 5.41) is 0. The Hall–Kier alpha value is -2.57. The normalized spacial score (nSPS) is 24.9. The number of hydrogen-bond acceptors (Lipinski definition) is 4. The van der Waals surface area contributed by atoms with E-state index in [0.717, 1.165) is 44.2 Å². The molecule has 33 heavy (non-hydrogen) atoms. The average Bonchev–Trinajstić information content (AvgIpc) is 3.27. The zero-order chi connectivity index (χ0) is 24.0. The molecule has 1 saturated carbocycles. The fraction of sp³-hybridized carbons (Fsp3) is 0.654. The number of hydrogen-bond donors (Lipinski definition) is 0. The maximum atomic E-state index is 13.2. The number of nitrogens with zero attached hydrogens (tertiary/aromatic N) is 3. The molecule has 1 aromatic rings. The van der Waals surface area contributed by atoms with Crippen LogP contribution in [-0.4, -0.2) is 71.9 Å². The van der Waals surface area contributed by atoms with Crippen molar-refractivity contribution in [1.29, 1.82) is 0 Å². The van der Waals surface area contributed by atoms with Gasteiger partial charge in [0, 0.05) is 51.4 Å². The van der Waals surface area contributed by atoms with Crippen molar-refractivity contribution in [2.24, 2.45) is 11.3 Å². The highest BCUT2D eigenvalue weighted by molar-refractivity contribution is 6.04. The highest BCUT2D eigenvalue weighted by Gasteiger charge is 2.48. The van der Waals surface area contributed by atoms with Crippen LogP contribution in [0.15, 0.2) is 18.2 Å². The first-order valence-electron chi connectivity index (χ1n) is 12.1. The van der Waals surface area contributed by atoms with E-state index in [2.05, 4.69) is 0 Å². The molecule has 2 unspecified atom stereocenters. The molecule has 0 radical (unpaired) electrons. The molecule has 1 aliphatic carbocycles. The molecule has 2 atom stereocenters. The third-order valence-corrected chi connectivity index (χ3v) is 7.47. The third-order valence-electron chi connectivity index (χ3n) is 7.47. The van der Waals surface area contributed by atoms with E-state index in [4.69, 9.17) is 4.74 Å². The highest BCUT2D eigenvalue weighted by atomic mass is 16.6. The SMILES string of the molecule is CN(C)C(=O)c1cccc2c1CN(CC1CCCC13CCCN(C(=O)OC(C)(C)C)C3)C2=O. The lowest BCUT2D eigenvalue weighted by atomic mass is 9.71. The summed E-state index contributed by atoms with van der Waals surface area (Å²) in [6.07, 6.45) is 5.07. The van der Waals surface area contributed by atoms with Crippen molar-refractivity contribution >= 4 is 17.9 Å². The Morgan fingerprint density at radius 3 is 2.61 bits per heavy atom. The Balaban J connectivity index is 1.50. The van der Waals surface area contributed by atoms with Gasteiger partial charge in [-0.25, -0.2) is 4.79 Å². The van der Waals surface area contributed by atoms with Gasteiger partial charge in [-0.2, -0.15) is 0 Å². The van der Waals surface area contributed by atoms with Gasteiger partial charge in [0.1, 0.15) is 5.60 Å². The zero-order valence-electron chi connectivity index (χ0n) is 20.6. The van der Waals surface area contributed by atoms with Crippen LogP contribution in [0.1, 0.15) is 79.2 Å². The summed E-state index contributed by atoms with van der Waals surface area (Å²) in [5.41, 5.74) is 1.63. The molecule has 1 aromatic carbocycles. The van der Waals surface area contributed by atoms with Gasteiger partial charge in [0.25, 0.3) is 11.8 Å². The minimum Gasteiger partial charge on any atom is -0.444 e. The van der Waals surface area contributed by atoms with Gasteiger partial charge >= 0.3 is 6.09 Å². The lowest BCUT2D eigenvalue weighted by Crippen LogP contribution is -2.50. The van der Waals surface area contributed by atoms with E-state index in [9.17, 15) is 14.4 Å². The van der Waals surface area contributed by atoms with Crippen LogP contribution in [0.4, 0.5) is 4.79 Å². The smallest absolute Gasteiger partial charge is 0.410 e. The van der Waals surface area contributed by atoms with Crippen LogP contribution >= 0.6 is 0 Å². The lowest BCUT2D eigenvalue weighted by Gasteiger charge is -2.45. The fourth-order valence-corrected chi connectivity index (χ4v) is 5.92. The maximum Gasteiger partial charge on any atom is 0.410 e. The van der Waals surface area contributed by atoms with Crippen molar-refractivity contribution in [3.63, 3.8) is 0 Å². The molecule has 0 bridgehead atoms. The fourth-order valence-electron chi connectivity index (χ4n) is 5.92. The molecule has 7 nitrogen and oxygen atoms in total. The second kappa shape index (κ2) is 8.65. The van der Waals surface area contributed by atoms with Crippen molar-refractivity contribution in [1.82, 2.24) is 14.7 Å². The zero-order valence-corrected chi connectivity index (χ0v) is 20.6. The van der Waals surface area contributed by atoms with Gasteiger partial charge in [0.15, 0.2) is 0 Å². The van der Waals surface area contributed by atoms with Crippen molar-refractivity contribution in [2.45, 2.75) is 65.0 Å². The molecule has 2 heterocycles. The van der Waals surface area contributed by atoms with Crippen LogP contribution in [0.25, 0.3) is 0 Å². The van der Waals surface area contributed by atoms with Crippen LogP contribution in [0.5, 0.6) is 0 Å². The molecule has 0 N–H and O–H groups in total. The Morgan fingerprint density at radius 1 is 1.18 bits per heavy atom. The van der Waals surface area contributed by atoms with Gasteiger partial charge in [0.2, 0.25) is 0 Å². The molecule has 3 amide bonds. The van der Waals surface area contributed by atoms with Gasteiger partial charge in [-0.15, -0.1) is 0 Å². The average molecular weight is 456 g/mol. The number of fused-ring (bicyclic) bond motifs is 1. The van der Waals surface area contributed by atoms with Crippen LogP contribution < -0.4 is 0 Å². The maximum absolute atomic E-state index is 13.2. The topological polar surface area (TPSA) is 70.2 Å². The highest BCUT2D eigenvalue weighted by Crippen LogP contribution is 2.50. The van der Waals surface area contributed by atoms with Gasteiger partial charge in [-0.1, -0.05) is 12.5 Å². The number of rotatable bonds is 3. The predicted octanol–water partition coefficient (Wildman–Crippen LogP) is 4.16. The van der Waals surface area contributed by atoms with Gasteiger partial charge in [-0.05, 0) is 75.5 Å². The standard InChI is InChI=1S/C26H37N3O4/c1-25(2,3)33-24(32)28-14-8-13-26(17-28)12-7-9-18(26)15-29-16-21-19(22(30)27(4)5)10-6-11-20(21)23(29)31/h6,10-11,18H,7-9,12-17H2,1-5H3. The van der Waals surface area contributed by atoms with E-state index in [0.29, 0.717) is 36.7 Å². The molecule has 4 rings (SSSR count). The molecule has 0 aromatic heterocycles. The number of carbonyl (C=O) groups is 3.